The normalized spacial score (nSPS) is 17.6. The largest absolute Gasteiger partial charge is 0.299 e. The molecule has 0 amide bonds. The van der Waals surface area contributed by atoms with Crippen molar-refractivity contribution >= 4 is 11.6 Å². The molecule has 2 aromatic carbocycles. The molecule has 0 saturated heterocycles. The van der Waals surface area contributed by atoms with E-state index in [2.05, 4.69) is 72.7 Å². The Labute approximate surface area is 206 Å². The SMILES string of the molecule is CC1(C)CCC(C)(C)c2cc3c(cc21)CCc1c(-c2ccc(Cl)cc2)cn(-c2cnccn2)c1-3. The minimum atomic E-state index is 0.167. The van der Waals surface area contributed by atoms with Crippen LogP contribution in [0.5, 0.6) is 0 Å². The fraction of sp³-hybridized carbons (Fsp3) is 0.333. The second kappa shape index (κ2) is 7.55. The van der Waals surface area contributed by atoms with Crippen molar-refractivity contribution in [1.82, 2.24) is 14.5 Å². The average Bonchev–Trinajstić information content (AvgIpc) is 3.23. The van der Waals surface area contributed by atoms with Gasteiger partial charge in [-0.15, -0.1) is 0 Å². The van der Waals surface area contributed by atoms with Gasteiger partial charge < -0.3 is 0 Å². The summed E-state index contributed by atoms with van der Waals surface area (Å²) in [7, 11) is 0. The lowest BCUT2D eigenvalue weighted by Gasteiger charge is -2.43. The predicted octanol–water partition coefficient (Wildman–Crippen LogP) is 7.70. The molecule has 0 N–H and O–H groups in total. The van der Waals surface area contributed by atoms with Crippen molar-refractivity contribution < 1.29 is 0 Å². The smallest absolute Gasteiger partial charge is 0.155 e. The van der Waals surface area contributed by atoms with Crippen molar-refractivity contribution in [2.24, 2.45) is 0 Å². The van der Waals surface area contributed by atoms with Gasteiger partial charge in [-0.05, 0) is 82.5 Å². The molecule has 2 aromatic heterocycles. The molecule has 0 atom stereocenters. The summed E-state index contributed by atoms with van der Waals surface area (Å²) in [5.41, 5.74) is 11.3. The molecule has 172 valence electrons. The van der Waals surface area contributed by atoms with Crippen molar-refractivity contribution in [3.63, 3.8) is 0 Å². The Bertz CT molecular complexity index is 1400. The number of hydrogen-bond acceptors (Lipinski definition) is 2. The molecule has 34 heavy (non-hydrogen) atoms. The van der Waals surface area contributed by atoms with Gasteiger partial charge in [-0.1, -0.05) is 57.5 Å². The lowest BCUT2D eigenvalue weighted by atomic mass is 9.62. The quantitative estimate of drug-likeness (QED) is 0.302. The molecule has 3 nitrogen and oxygen atoms in total. The third-order valence-electron chi connectivity index (χ3n) is 8.04. The first-order chi connectivity index (χ1) is 16.2. The van der Waals surface area contributed by atoms with Crippen molar-refractivity contribution in [2.75, 3.05) is 0 Å². The zero-order valence-corrected chi connectivity index (χ0v) is 21.1. The van der Waals surface area contributed by atoms with E-state index in [1.165, 1.54) is 57.5 Å². The number of aromatic nitrogens is 3. The van der Waals surface area contributed by atoms with E-state index in [9.17, 15) is 0 Å². The standard InChI is InChI=1S/C30H30ClN3/c1-29(2)11-12-30(3,4)26-16-23-20(15-25(26)29)7-10-22-24(19-5-8-21(31)9-6-19)18-34(28(22)23)27-17-32-13-14-33-27/h5-6,8-9,13-18H,7,10-12H2,1-4H3. The van der Waals surface area contributed by atoms with Gasteiger partial charge in [0.25, 0.3) is 0 Å². The Morgan fingerprint density at radius 1 is 0.853 bits per heavy atom. The average molecular weight is 468 g/mol. The van der Waals surface area contributed by atoms with Crippen LogP contribution in [0, 0.1) is 0 Å². The molecule has 6 rings (SSSR count). The topological polar surface area (TPSA) is 30.7 Å². The minimum absolute atomic E-state index is 0.167. The maximum atomic E-state index is 6.20. The van der Waals surface area contributed by atoms with Gasteiger partial charge in [-0.2, -0.15) is 0 Å². The van der Waals surface area contributed by atoms with Crippen molar-refractivity contribution in [3.05, 3.63) is 88.5 Å². The summed E-state index contributed by atoms with van der Waals surface area (Å²) in [5.74, 6) is 0.851. The molecule has 4 heteroatoms. The number of hydrogen-bond donors (Lipinski definition) is 0. The lowest BCUT2D eigenvalue weighted by molar-refractivity contribution is 0.331. The van der Waals surface area contributed by atoms with Crippen LogP contribution in [0.15, 0.2) is 61.2 Å². The summed E-state index contributed by atoms with van der Waals surface area (Å²) in [6, 6.07) is 13.2. The van der Waals surface area contributed by atoms with E-state index in [1.807, 2.05) is 18.3 Å². The molecular formula is C30H30ClN3. The Morgan fingerprint density at radius 2 is 1.56 bits per heavy atom. The van der Waals surface area contributed by atoms with Crippen LogP contribution in [0.25, 0.3) is 28.2 Å². The molecule has 0 saturated carbocycles. The molecule has 0 unspecified atom stereocenters. The minimum Gasteiger partial charge on any atom is -0.299 e. The fourth-order valence-corrected chi connectivity index (χ4v) is 6.04. The second-order valence-corrected chi connectivity index (χ2v) is 11.6. The van der Waals surface area contributed by atoms with E-state index in [4.69, 9.17) is 11.6 Å². The highest BCUT2D eigenvalue weighted by Crippen LogP contribution is 2.50. The highest BCUT2D eigenvalue weighted by molar-refractivity contribution is 6.30. The summed E-state index contributed by atoms with van der Waals surface area (Å²) >= 11 is 6.20. The molecular weight excluding hydrogens is 438 g/mol. The highest BCUT2D eigenvalue weighted by atomic mass is 35.5. The van der Waals surface area contributed by atoms with E-state index in [0.29, 0.717) is 0 Å². The molecule has 2 heterocycles. The summed E-state index contributed by atoms with van der Waals surface area (Å²) in [5, 5.41) is 0.757. The lowest BCUT2D eigenvalue weighted by Crippen LogP contribution is -2.34. The molecule has 0 bridgehead atoms. The summed E-state index contributed by atoms with van der Waals surface area (Å²) in [6.45, 7) is 9.61. The van der Waals surface area contributed by atoms with Gasteiger partial charge in [0.15, 0.2) is 5.82 Å². The summed E-state index contributed by atoms with van der Waals surface area (Å²) in [6.07, 6.45) is 12.1. The van der Waals surface area contributed by atoms with Gasteiger partial charge in [0.05, 0.1) is 11.9 Å². The van der Waals surface area contributed by atoms with E-state index in [0.717, 1.165) is 23.7 Å². The van der Waals surface area contributed by atoms with Crippen LogP contribution in [0.2, 0.25) is 5.02 Å². The zero-order valence-electron chi connectivity index (χ0n) is 20.3. The van der Waals surface area contributed by atoms with Gasteiger partial charge in [0.1, 0.15) is 0 Å². The first-order valence-corrected chi connectivity index (χ1v) is 12.6. The van der Waals surface area contributed by atoms with E-state index < -0.39 is 0 Å². The first kappa shape index (κ1) is 21.6. The summed E-state index contributed by atoms with van der Waals surface area (Å²) < 4.78 is 2.25. The maximum Gasteiger partial charge on any atom is 0.155 e. The number of aryl methyl sites for hydroxylation is 1. The van der Waals surface area contributed by atoms with Crippen LogP contribution in [0.1, 0.15) is 62.8 Å². The number of benzene rings is 2. The monoisotopic (exact) mass is 467 g/mol. The number of halogens is 1. The molecule has 0 aliphatic heterocycles. The summed E-state index contributed by atoms with van der Waals surface area (Å²) in [4.78, 5) is 9.04. The first-order valence-electron chi connectivity index (χ1n) is 12.2. The van der Waals surface area contributed by atoms with Crippen molar-refractivity contribution in [2.45, 2.75) is 64.2 Å². The number of rotatable bonds is 2. The van der Waals surface area contributed by atoms with E-state index in [1.54, 1.807) is 12.4 Å². The number of nitrogens with zero attached hydrogens (tertiary/aromatic N) is 3. The van der Waals surface area contributed by atoms with Crippen LogP contribution >= 0.6 is 11.6 Å². The van der Waals surface area contributed by atoms with Crippen LogP contribution < -0.4 is 0 Å². The van der Waals surface area contributed by atoms with Crippen LogP contribution in [0.3, 0.4) is 0 Å². The predicted molar refractivity (Wildman–Crippen MR) is 140 cm³/mol. The van der Waals surface area contributed by atoms with Gasteiger partial charge in [-0.25, -0.2) is 4.98 Å². The molecule has 0 fully saturated rings. The van der Waals surface area contributed by atoms with E-state index in [-0.39, 0.29) is 10.8 Å². The van der Waals surface area contributed by atoms with E-state index >= 15 is 0 Å². The Balaban J connectivity index is 1.64. The second-order valence-electron chi connectivity index (χ2n) is 11.1. The Morgan fingerprint density at radius 3 is 2.24 bits per heavy atom. The molecule has 0 spiro atoms. The van der Waals surface area contributed by atoms with Crippen molar-refractivity contribution in [1.29, 1.82) is 0 Å². The highest BCUT2D eigenvalue weighted by Gasteiger charge is 2.39. The third kappa shape index (κ3) is 3.32. The Hall–Kier alpha value is -2.91. The molecule has 2 aliphatic carbocycles. The van der Waals surface area contributed by atoms with Crippen molar-refractivity contribution in [3.8, 4) is 28.2 Å². The maximum absolute atomic E-state index is 6.20. The van der Waals surface area contributed by atoms with Gasteiger partial charge in [-0.3, -0.25) is 9.55 Å². The third-order valence-corrected chi connectivity index (χ3v) is 8.29. The van der Waals surface area contributed by atoms with Gasteiger partial charge in [0.2, 0.25) is 0 Å². The Kier molecular flexibility index (Phi) is 4.80. The van der Waals surface area contributed by atoms with Crippen LogP contribution in [-0.4, -0.2) is 14.5 Å². The molecule has 4 aromatic rings. The van der Waals surface area contributed by atoms with Crippen LogP contribution in [-0.2, 0) is 23.7 Å². The number of fused-ring (bicyclic) bond motifs is 4. The van der Waals surface area contributed by atoms with Gasteiger partial charge in [0, 0.05) is 34.7 Å². The molecule has 2 aliphatic rings. The van der Waals surface area contributed by atoms with Gasteiger partial charge >= 0.3 is 0 Å². The van der Waals surface area contributed by atoms with Crippen LogP contribution in [0.4, 0.5) is 0 Å². The fourth-order valence-electron chi connectivity index (χ4n) is 5.91. The molecule has 0 radical (unpaired) electrons. The zero-order chi connectivity index (χ0) is 23.7.